The molecule has 6 atom stereocenters. The number of fused-ring (bicyclic) bond motifs is 5. The molecule has 0 aromatic carbocycles. The predicted octanol–water partition coefficient (Wildman–Crippen LogP) is 4.12. The number of rotatable bonds is 4. The minimum Gasteiger partial charge on any atom is -0.504 e. The quantitative estimate of drug-likeness (QED) is 0.652. The molecular formula is C23H30O6. The van der Waals surface area contributed by atoms with E-state index in [1.807, 2.05) is 6.92 Å². The van der Waals surface area contributed by atoms with Gasteiger partial charge in [0.1, 0.15) is 5.78 Å². The number of allylic oxidation sites excluding steroid dienone is 3. The van der Waals surface area contributed by atoms with Crippen molar-refractivity contribution in [2.75, 3.05) is 0 Å². The van der Waals surface area contributed by atoms with Crippen molar-refractivity contribution in [1.29, 1.82) is 0 Å². The number of hydrogen-bond donors (Lipinski definition) is 3. The van der Waals surface area contributed by atoms with Crippen molar-refractivity contribution in [3.8, 4) is 0 Å². The van der Waals surface area contributed by atoms with Gasteiger partial charge in [0.2, 0.25) is 11.5 Å². The molecule has 29 heavy (non-hydrogen) atoms. The van der Waals surface area contributed by atoms with Crippen LogP contribution in [-0.4, -0.2) is 32.9 Å². The first-order valence-corrected chi connectivity index (χ1v) is 10.7. The van der Waals surface area contributed by atoms with E-state index in [-0.39, 0.29) is 47.4 Å². The van der Waals surface area contributed by atoms with Crippen LogP contribution in [0.5, 0.6) is 0 Å². The first-order valence-electron chi connectivity index (χ1n) is 10.7. The lowest BCUT2D eigenvalue weighted by Gasteiger charge is -2.56. The molecule has 0 heterocycles. The maximum absolute atomic E-state index is 13.0. The highest BCUT2D eigenvalue weighted by Crippen LogP contribution is 2.66. The van der Waals surface area contributed by atoms with Crippen LogP contribution in [-0.2, 0) is 14.4 Å². The van der Waals surface area contributed by atoms with Gasteiger partial charge in [-0.3, -0.25) is 14.4 Å². The molecule has 6 heteroatoms. The van der Waals surface area contributed by atoms with Crippen molar-refractivity contribution in [3.05, 3.63) is 23.2 Å². The summed E-state index contributed by atoms with van der Waals surface area (Å²) in [6.45, 7) is 4.09. The van der Waals surface area contributed by atoms with Gasteiger partial charge in [0.25, 0.3) is 0 Å². The third-order valence-electron chi connectivity index (χ3n) is 8.81. The number of carbonyl (C=O) groups excluding carboxylic acids is 2. The average molecular weight is 402 g/mol. The van der Waals surface area contributed by atoms with E-state index < -0.39 is 17.1 Å². The molecule has 0 saturated heterocycles. The molecule has 0 spiro atoms. The van der Waals surface area contributed by atoms with Crippen LogP contribution in [0.3, 0.4) is 0 Å². The third-order valence-corrected chi connectivity index (χ3v) is 8.81. The zero-order chi connectivity index (χ0) is 21.1. The van der Waals surface area contributed by atoms with Gasteiger partial charge in [-0.25, -0.2) is 0 Å². The van der Waals surface area contributed by atoms with Crippen LogP contribution in [0.1, 0.15) is 65.2 Å². The van der Waals surface area contributed by atoms with E-state index in [0.717, 1.165) is 37.7 Å². The Balaban J connectivity index is 1.60. The Labute approximate surface area is 170 Å². The van der Waals surface area contributed by atoms with E-state index in [1.165, 1.54) is 0 Å². The molecule has 4 aliphatic carbocycles. The van der Waals surface area contributed by atoms with E-state index in [2.05, 4.69) is 6.92 Å². The summed E-state index contributed by atoms with van der Waals surface area (Å²) in [7, 11) is 0. The first-order chi connectivity index (χ1) is 13.6. The molecule has 0 radical (unpaired) electrons. The van der Waals surface area contributed by atoms with E-state index in [0.29, 0.717) is 18.3 Å². The zero-order valence-electron chi connectivity index (χ0n) is 17.1. The molecule has 4 rings (SSSR count). The molecule has 4 aliphatic rings. The van der Waals surface area contributed by atoms with E-state index in [9.17, 15) is 24.6 Å². The van der Waals surface area contributed by atoms with Gasteiger partial charge in [0, 0.05) is 12.3 Å². The minimum absolute atomic E-state index is 0.0673. The average Bonchev–Trinajstić information content (AvgIpc) is 3.03. The van der Waals surface area contributed by atoms with Gasteiger partial charge in [0.05, 0.1) is 11.8 Å². The van der Waals surface area contributed by atoms with Gasteiger partial charge >= 0.3 is 5.97 Å². The molecule has 0 aromatic rings. The molecule has 0 aromatic heterocycles. The second-order valence-electron chi connectivity index (χ2n) is 9.88. The van der Waals surface area contributed by atoms with Crippen molar-refractivity contribution in [2.45, 2.75) is 65.2 Å². The molecule has 0 aliphatic heterocycles. The molecule has 158 valence electrons. The zero-order valence-corrected chi connectivity index (χ0v) is 17.1. The van der Waals surface area contributed by atoms with Gasteiger partial charge in [-0.15, -0.1) is 0 Å². The molecule has 0 amide bonds. The number of aliphatic hydroxyl groups is 2. The molecule has 0 unspecified atom stereocenters. The summed E-state index contributed by atoms with van der Waals surface area (Å²) in [6.07, 6.45) is 6.54. The van der Waals surface area contributed by atoms with Gasteiger partial charge in [-0.2, -0.15) is 0 Å². The monoisotopic (exact) mass is 402 g/mol. The fraction of sp³-hybridized carbons (Fsp3) is 0.696. The molecule has 6 nitrogen and oxygen atoms in total. The SMILES string of the molecule is C[C@]12C(=O)C(O)=C(O)C=C1CC[C@@H]1[C@@H]2CC[C@]2(C)[C@@H](C(=O)CCC(=O)O)CC[C@@H]12. The van der Waals surface area contributed by atoms with Crippen LogP contribution in [0.2, 0.25) is 0 Å². The number of ketones is 2. The van der Waals surface area contributed by atoms with E-state index in [1.54, 1.807) is 6.08 Å². The van der Waals surface area contributed by atoms with E-state index in [4.69, 9.17) is 5.11 Å². The van der Waals surface area contributed by atoms with Crippen LogP contribution in [0.4, 0.5) is 0 Å². The summed E-state index contributed by atoms with van der Waals surface area (Å²) in [5.41, 5.74) is -0.0207. The highest BCUT2D eigenvalue weighted by Gasteiger charge is 2.62. The smallest absolute Gasteiger partial charge is 0.303 e. The number of aliphatic carboxylic acids is 1. The summed E-state index contributed by atoms with van der Waals surface area (Å²) < 4.78 is 0. The number of aliphatic hydroxyl groups excluding tert-OH is 2. The van der Waals surface area contributed by atoms with Gasteiger partial charge in [-0.1, -0.05) is 12.5 Å². The van der Waals surface area contributed by atoms with Crippen molar-refractivity contribution in [3.63, 3.8) is 0 Å². The van der Waals surface area contributed by atoms with E-state index >= 15 is 0 Å². The van der Waals surface area contributed by atoms with Gasteiger partial charge in [0.15, 0.2) is 5.76 Å². The van der Waals surface area contributed by atoms with Crippen LogP contribution in [0.25, 0.3) is 0 Å². The minimum atomic E-state index is -0.937. The predicted molar refractivity (Wildman–Crippen MR) is 105 cm³/mol. The Kier molecular flexibility index (Phi) is 4.67. The van der Waals surface area contributed by atoms with Crippen LogP contribution in [0.15, 0.2) is 23.2 Å². The molecule has 0 bridgehead atoms. The number of carboxylic acids is 1. The standard InChI is InChI=1S/C23H30O6/c1-22-10-9-15-13(14(22)5-6-16(22)17(24)7-8-19(26)27)4-3-12-11-18(25)20(28)21(29)23(12,15)2/h11,13-16,25,28H,3-10H2,1-2H3,(H,26,27)/t13-,14-,15-,16+,22-,23-/m0/s1. The Morgan fingerprint density at radius 1 is 1.07 bits per heavy atom. The molecule has 3 N–H and O–H groups in total. The Morgan fingerprint density at radius 2 is 1.79 bits per heavy atom. The Hall–Kier alpha value is -2.11. The molecule has 3 fully saturated rings. The molecular weight excluding hydrogens is 372 g/mol. The largest absolute Gasteiger partial charge is 0.504 e. The summed E-state index contributed by atoms with van der Waals surface area (Å²) >= 11 is 0. The maximum atomic E-state index is 13.0. The highest BCUT2D eigenvalue weighted by atomic mass is 16.4. The lowest BCUT2D eigenvalue weighted by molar-refractivity contribution is -0.141. The number of carbonyl (C=O) groups is 3. The third kappa shape index (κ3) is 2.78. The van der Waals surface area contributed by atoms with Crippen molar-refractivity contribution >= 4 is 17.5 Å². The highest BCUT2D eigenvalue weighted by molar-refractivity contribution is 6.02. The lowest BCUT2D eigenvalue weighted by Crippen LogP contribution is -2.53. The summed E-state index contributed by atoms with van der Waals surface area (Å²) in [5.74, 6) is -1.49. The summed E-state index contributed by atoms with van der Waals surface area (Å²) in [4.78, 5) is 36.7. The Bertz CT molecular complexity index is 838. The van der Waals surface area contributed by atoms with Gasteiger partial charge < -0.3 is 15.3 Å². The number of Topliss-reactive ketones (excluding diaryl/α,β-unsaturated/α-hetero) is 2. The van der Waals surface area contributed by atoms with Crippen LogP contribution >= 0.6 is 0 Å². The second-order valence-corrected chi connectivity index (χ2v) is 9.88. The fourth-order valence-corrected chi connectivity index (χ4v) is 7.29. The lowest BCUT2D eigenvalue weighted by atomic mass is 9.46. The fourth-order valence-electron chi connectivity index (χ4n) is 7.29. The maximum Gasteiger partial charge on any atom is 0.303 e. The Morgan fingerprint density at radius 3 is 2.48 bits per heavy atom. The van der Waals surface area contributed by atoms with Crippen LogP contribution < -0.4 is 0 Å². The van der Waals surface area contributed by atoms with Crippen molar-refractivity contribution in [2.24, 2.45) is 34.5 Å². The molecule has 3 saturated carbocycles. The van der Waals surface area contributed by atoms with Crippen molar-refractivity contribution < 1.29 is 29.7 Å². The number of hydrogen-bond acceptors (Lipinski definition) is 5. The van der Waals surface area contributed by atoms with Crippen LogP contribution in [0, 0.1) is 34.5 Å². The normalized spacial score (nSPS) is 41.3. The first kappa shape index (κ1) is 20.2. The summed E-state index contributed by atoms with van der Waals surface area (Å²) in [5, 5.41) is 29.0. The second kappa shape index (κ2) is 6.71. The topological polar surface area (TPSA) is 112 Å². The number of carboxylic acid groups (broad SMARTS) is 1. The van der Waals surface area contributed by atoms with Gasteiger partial charge in [-0.05, 0) is 74.7 Å². The summed E-state index contributed by atoms with van der Waals surface area (Å²) in [6, 6.07) is 0. The van der Waals surface area contributed by atoms with Crippen molar-refractivity contribution in [1.82, 2.24) is 0 Å².